The molecule has 0 radical (unpaired) electrons. The molecule has 1 heterocycles. The number of carbonyl (C=O) groups excluding carboxylic acids is 1. The highest BCUT2D eigenvalue weighted by Crippen LogP contribution is 2.37. The minimum atomic E-state index is -0.442. The molecular weight excluding hydrogens is 313 g/mol. The van der Waals surface area contributed by atoms with Crippen molar-refractivity contribution in [1.82, 2.24) is 5.32 Å². The highest BCUT2D eigenvalue weighted by molar-refractivity contribution is 6.65. The summed E-state index contributed by atoms with van der Waals surface area (Å²) in [4.78, 5) is 12.5. The average Bonchev–Trinajstić information content (AvgIpc) is 2.79. The van der Waals surface area contributed by atoms with E-state index in [1.54, 1.807) is 0 Å². The molecular formula is C20H26BNO3. The van der Waals surface area contributed by atoms with E-state index < -0.39 is 18.3 Å². The van der Waals surface area contributed by atoms with Crippen LogP contribution in [0.25, 0.3) is 10.8 Å². The van der Waals surface area contributed by atoms with E-state index in [2.05, 4.69) is 5.32 Å². The fourth-order valence-electron chi connectivity index (χ4n) is 3.03. The van der Waals surface area contributed by atoms with Gasteiger partial charge >= 0.3 is 7.12 Å². The normalized spacial score (nSPS) is 18.5. The SMILES string of the molecule is CCCNC(=O)c1ccc(B2OC(C)(C)C(C)(C)O2)c2ccccc12. The summed E-state index contributed by atoms with van der Waals surface area (Å²) >= 11 is 0. The molecule has 0 unspecified atom stereocenters. The van der Waals surface area contributed by atoms with Crippen LogP contribution in [0.2, 0.25) is 0 Å². The van der Waals surface area contributed by atoms with Gasteiger partial charge in [0.2, 0.25) is 0 Å². The van der Waals surface area contributed by atoms with Gasteiger partial charge in [0.25, 0.3) is 5.91 Å². The molecule has 4 nitrogen and oxygen atoms in total. The maximum absolute atomic E-state index is 12.5. The van der Waals surface area contributed by atoms with Crippen molar-refractivity contribution in [3.63, 3.8) is 0 Å². The Bertz CT molecular complexity index is 785. The molecule has 0 atom stereocenters. The Kier molecular flexibility index (Phi) is 4.65. The van der Waals surface area contributed by atoms with Crippen molar-refractivity contribution in [1.29, 1.82) is 0 Å². The summed E-state index contributed by atoms with van der Waals surface area (Å²) in [5, 5.41) is 4.87. The van der Waals surface area contributed by atoms with Gasteiger partial charge in [-0.15, -0.1) is 0 Å². The highest BCUT2D eigenvalue weighted by Gasteiger charge is 2.52. The van der Waals surface area contributed by atoms with E-state index in [0.29, 0.717) is 12.1 Å². The van der Waals surface area contributed by atoms with Crippen LogP contribution >= 0.6 is 0 Å². The Balaban J connectivity index is 2.04. The van der Waals surface area contributed by atoms with E-state index in [1.807, 2.05) is 71.0 Å². The van der Waals surface area contributed by atoms with Crippen molar-refractivity contribution >= 4 is 29.3 Å². The Labute approximate surface area is 150 Å². The van der Waals surface area contributed by atoms with Crippen molar-refractivity contribution in [3.8, 4) is 0 Å². The summed E-state index contributed by atoms with van der Waals surface area (Å²) in [5.41, 5.74) is 0.858. The number of hydrogen-bond donors (Lipinski definition) is 1. The number of rotatable bonds is 4. The van der Waals surface area contributed by atoms with Crippen molar-refractivity contribution < 1.29 is 14.1 Å². The fourth-order valence-corrected chi connectivity index (χ4v) is 3.03. The molecule has 2 aromatic rings. The van der Waals surface area contributed by atoms with E-state index in [1.165, 1.54) is 0 Å². The largest absolute Gasteiger partial charge is 0.495 e. The van der Waals surface area contributed by atoms with Gasteiger partial charge in [0.1, 0.15) is 0 Å². The first-order chi connectivity index (χ1) is 11.8. The fraction of sp³-hybridized carbons (Fsp3) is 0.450. The van der Waals surface area contributed by atoms with Crippen LogP contribution in [0.5, 0.6) is 0 Å². The Morgan fingerprint density at radius 2 is 1.60 bits per heavy atom. The van der Waals surface area contributed by atoms with Crippen LogP contribution in [-0.4, -0.2) is 30.8 Å². The maximum Gasteiger partial charge on any atom is 0.495 e. The Hall–Kier alpha value is -1.85. The third-order valence-electron chi connectivity index (χ3n) is 5.25. The minimum Gasteiger partial charge on any atom is -0.399 e. The van der Waals surface area contributed by atoms with Crippen molar-refractivity contribution in [2.75, 3.05) is 6.54 Å². The lowest BCUT2D eigenvalue weighted by atomic mass is 9.75. The average molecular weight is 339 g/mol. The van der Waals surface area contributed by atoms with Crippen LogP contribution < -0.4 is 10.8 Å². The molecule has 3 rings (SSSR count). The third-order valence-corrected chi connectivity index (χ3v) is 5.25. The summed E-state index contributed by atoms with van der Waals surface area (Å²) in [6.07, 6.45) is 0.912. The van der Waals surface area contributed by atoms with Crippen LogP contribution in [-0.2, 0) is 9.31 Å². The van der Waals surface area contributed by atoms with Crippen molar-refractivity contribution in [2.24, 2.45) is 0 Å². The van der Waals surface area contributed by atoms with Crippen LogP contribution in [0.1, 0.15) is 51.4 Å². The maximum atomic E-state index is 12.5. The lowest BCUT2D eigenvalue weighted by molar-refractivity contribution is 0.00578. The predicted octanol–water partition coefficient (Wildman–Crippen LogP) is 3.28. The van der Waals surface area contributed by atoms with Gasteiger partial charge in [-0.1, -0.05) is 37.3 Å². The van der Waals surface area contributed by atoms with Crippen LogP contribution in [0.15, 0.2) is 36.4 Å². The summed E-state index contributed by atoms with van der Waals surface area (Å²) < 4.78 is 12.4. The van der Waals surface area contributed by atoms with Gasteiger partial charge in [0, 0.05) is 12.1 Å². The molecule has 1 N–H and O–H groups in total. The molecule has 1 saturated heterocycles. The van der Waals surface area contributed by atoms with E-state index >= 15 is 0 Å². The number of benzene rings is 2. The monoisotopic (exact) mass is 339 g/mol. The molecule has 0 saturated carbocycles. The molecule has 1 aliphatic rings. The number of amides is 1. The molecule has 0 aromatic heterocycles. The molecule has 1 aliphatic heterocycles. The predicted molar refractivity (Wildman–Crippen MR) is 102 cm³/mol. The first-order valence-corrected chi connectivity index (χ1v) is 8.92. The zero-order chi connectivity index (χ0) is 18.2. The second-order valence-corrected chi connectivity index (χ2v) is 7.59. The Morgan fingerprint density at radius 3 is 2.20 bits per heavy atom. The van der Waals surface area contributed by atoms with Crippen LogP contribution in [0, 0.1) is 0 Å². The van der Waals surface area contributed by atoms with E-state index in [4.69, 9.17) is 9.31 Å². The van der Waals surface area contributed by atoms with Crippen molar-refractivity contribution in [3.05, 3.63) is 42.0 Å². The van der Waals surface area contributed by atoms with Crippen LogP contribution in [0.4, 0.5) is 0 Å². The van der Waals surface area contributed by atoms with Crippen LogP contribution in [0.3, 0.4) is 0 Å². The van der Waals surface area contributed by atoms with E-state index in [-0.39, 0.29) is 5.91 Å². The second kappa shape index (κ2) is 6.47. The van der Waals surface area contributed by atoms with Crippen molar-refractivity contribution in [2.45, 2.75) is 52.2 Å². The second-order valence-electron chi connectivity index (χ2n) is 7.59. The third kappa shape index (κ3) is 3.19. The quantitative estimate of drug-likeness (QED) is 0.870. The summed E-state index contributed by atoms with van der Waals surface area (Å²) in [5.74, 6) is -0.0430. The lowest BCUT2D eigenvalue weighted by Crippen LogP contribution is -2.41. The van der Waals surface area contributed by atoms with Gasteiger partial charge in [0.15, 0.2) is 0 Å². The Morgan fingerprint density at radius 1 is 1.00 bits per heavy atom. The minimum absolute atomic E-state index is 0.0430. The van der Waals surface area contributed by atoms with Gasteiger partial charge < -0.3 is 14.6 Å². The van der Waals surface area contributed by atoms with Gasteiger partial charge in [-0.2, -0.15) is 0 Å². The number of hydrogen-bond acceptors (Lipinski definition) is 3. The van der Waals surface area contributed by atoms with E-state index in [9.17, 15) is 4.79 Å². The van der Waals surface area contributed by atoms with Gasteiger partial charge in [-0.3, -0.25) is 4.79 Å². The summed E-state index contributed by atoms with van der Waals surface area (Å²) in [6.45, 7) is 10.9. The van der Waals surface area contributed by atoms with Gasteiger partial charge in [-0.05, 0) is 56.4 Å². The molecule has 1 fully saturated rings. The zero-order valence-electron chi connectivity index (χ0n) is 15.7. The lowest BCUT2D eigenvalue weighted by Gasteiger charge is -2.32. The standard InChI is InChI=1S/C20H26BNO3/c1-6-13-22-18(23)16-11-12-17(15-10-8-7-9-14(15)16)21-24-19(2,3)20(4,5)25-21/h7-12H,6,13H2,1-5H3,(H,22,23). The van der Waals surface area contributed by atoms with Gasteiger partial charge in [-0.25, -0.2) is 0 Å². The number of fused-ring (bicyclic) bond motifs is 1. The number of nitrogens with one attached hydrogen (secondary N) is 1. The van der Waals surface area contributed by atoms with Gasteiger partial charge in [0.05, 0.1) is 11.2 Å². The molecule has 1 amide bonds. The smallest absolute Gasteiger partial charge is 0.399 e. The molecule has 0 spiro atoms. The zero-order valence-corrected chi connectivity index (χ0v) is 15.7. The summed E-state index contributed by atoms with van der Waals surface area (Å²) in [7, 11) is -0.442. The highest BCUT2D eigenvalue weighted by atomic mass is 16.7. The molecule has 5 heteroatoms. The molecule has 2 aromatic carbocycles. The molecule has 0 aliphatic carbocycles. The number of carbonyl (C=O) groups is 1. The molecule has 25 heavy (non-hydrogen) atoms. The first kappa shape index (κ1) is 18.0. The molecule has 132 valence electrons. The molecule has 0 bridgehead atoms. The topological polar surface area (TPSA) is 47.6 Å². The van der Waals surface area contributed by atoms with E-state index in [0.717, 1.165) is 22.7 Å². The summed E-state index contributed by atoms with van der Waals surface area (Å²) in [6, 6.07) is 11.7. The first-order valence-electron chi connectivity index (χ1n) is 8.92.